The van der Waals surface area contributed by atoms with Crippen LogP contribution in [0.25, 0.3) is 6.08 Å². The van der Waals surface area contributed by atoms with Crippen LogP contribution in [-0.2, 0) is 17.6 Å². The minimum absolute atomic E-state index is 0.0393. The molecule has 24 heavy (non-hydrogen) atoms. The molecule has 0 saturated carbocycles. The Morgan fingerprint density at radius 2 is 1.79 bits per heavy atom. The molecule has 2 aromatic rings. The third-order valence-electron chi connectivity index (χ3n) is 4.53. The highest BCUT2D eigenvalue weighted by atomic mass is 19.1. The summed E-state index contributed by atoms with van der Waals surface area (Å²) < 4.78 is 12.9. The average Bonchev–Trinajstić information content (AvgIpc) is 2.61. The van der Waals surface area contributed by atoms with Crippen LogP contribution in [0.2, 0.25) is 0 Å². The number of benzene rings is 2. The van der Waals surface area contributed by atoms with Gasteiger partial charge in [-0.25, -0.2) is 4.39 Å². The molecular weight excluding hydrogens is 301 g/mol. The fourth-order valence-corrected chi connectivity index (χ4v) is 3.11. The summed E-state index contributed by atoms with van der Waals surface area (Å²) in [7, 11) is 0. The number of fused-ring (bicyclic) bond motifs is 1. The number of hydrogen-bond acceptors (Lipinski definition) is 1. The van der Waals surface area contributed by atoms with Gasteiger partial charge in [0, 0.05) is 6.08 Å². The van der Waals surface area contributed by atoms with E-state index < -0.39 is 0 Å². The van der Waals surface area contributed by atoms with Crippen molar-refractivity contribution in [2.24, 2.45) is 0 Å². The van der Waals surface area contributed by atoms with E-state index in [2.05, 4.69) is 23.5 Å². The van der Waals surface area contributed by atoms with Crippen molar-refractivity contribution in [2.75, 3.05) is 0 Å². The maximum atomic E-state index is 12.9. The van der Waals surface area contributed by atoms with Gasteiger partial charge in [-0.05, 0) is 73.1 Å². The first kappa shape index (κ1) is 16.4. The Morgan fingerprint density at radius 3 is 2.54 bits per heavy atom. The van der Waals surface area contributed by atoms with Crippen molar-refractivity contribution >= 4 is 12.0 Å². The maximum Gasteiger partial charge on any atom is 0.244 e. The Hall–Kier alpha value is -2.42. The van der Waals surface area contributed by atoms with Crippen molar-refractivity contribution in [3.63, 3.8) is 0 Å². The van der Waals surface area contributed by atoms with E-state index in [9.17, 15) is 9.18 Å². The molecule has 3 rings (SSSR count). The van der Waals surface area contributed by atoms with Crippen molar-refractivity contribution in [1.29, 1.82) is 0 Å². The smallest absolute Gasteiger partial charge is 0.244 e. The molecule has 0 bridgehead atoms. The molecular formula is C21H22FNO. The number of hydrogen-bond donors (Lipinski definition) is 1. The predicted molar refractivity (Wildman–Crippen MR) is 95.1 cm³/mol. The highest BCUT2D eigenvalue weighted by Crippen LogP contribution is 2.24. The third-order valence-corrected chi connectivity index (χ3v) is 4.53. The standard InChI is InChI=1S/C21H22FNO/c1-15(18-10-9-17-4-2-3-5-19(17)14-18)23-21(24)13-8-16-6-11-20(22)12-7-16/h6-15H,2-5H2,1H3,(H,23,24)/b13-8+/t15-/m1/s1. The number of rotatable bonds is 4. The highest BCUT2D eigenvalue weighted by Gasteiger charge is 2.13. The highest BCUT2D eigenvalue weighted by molar-refractivity contribution is 5.91. The minimum atomic E-state index is -0.280. The van der Waals surface area contributed by atoms with Crippen molar-refractivity contribution < 1.29 is 9.18 Å². The van der Waals surface area contributed by atoms with Crippen molar-refractivity contribution in [1.82, 2.24) is 5.32 Å². The minimum Gasteiger partial charge on any atom is -0.346 e. The lowest BCUT2D eigenvalue weighted by Crippen LogP contribution is -2.24. The maximum absolute atomic E-state index is 12.9. The fourth-order valence-electron chi connectivity index (χ4n) is 3.11. The summed E-state index contributed by atoms with van der Waals surface area (Å²) in [5.41, 5.74) is 4.80. The van der Waals surface area contributed by atoms with Crippen LogP contribution in [0.3, 0.4) is 0 Å². The van der Waals surface area contributed by atoms with E-state index in [0.29, 0.717) is 0 Å². The van der Waals surface area contributed by atoms with Gasteiger partial charge in [0.1, 0.15) is 5.82 Å². The van der Waals surface area contributed by atoms with Crippen LogP contribution < -0.4 is 5.32 Å². The molecule has 1 aliphatic carbocycles. The van der Waals surface area contributed by atoms with Crippen LogP contribution in [-0.4, -0.2) is 5.91 Å². The van der Waals surface area contributed by atoms with Gasteiger partial charge in [-0.1, -0.05) is 30.3 Å². The number of nitrogens with one attached hydrogen (secondary N) is 1. The molecule has 1 N–H and O–H groups in total. The van der Waals surface area contributed by atoms with Gasteiger partial charge in [-0.2, -0.15) is 0 Å². The predicted octanol–water partition coefficient (Wildman–Crippen LogP) is 4.60. The van der Waals surface area contributed by atoms with Crippen LogP contribution in [0.4, 0.5) is 4.39 Å². The van der Waals surface area contributed by atoms with Gasteiger partial charge in [-0.15, -0.1) is 0 Å². The summed E-state index contributed by atoms with van der Waals surface area (Å²) in [4.78, 5) is 12.1. The number of carbonyl (C=O) groups excluding carboxylic acids is 1. The summed E-state index contributed by atoms with van der Waals surface area (Å²) in [5, 5.41) is 2.98. The molecule has 0 spiro atoms. The largest absolute Gasteiger partial charge is 0.346 e. The van der Waals surface area contributed by atoms with E-state index in [1.54, 1.807) is 18.2 Å². The molecule has 0 aliphatic heterocycles. The van der Waals surface area contributed by atoms with Crippen LogP contribution in [0.15, 0.2) is 48.5 Å². The molecule has 0 fully saturated rings. The zero-order valence-corrected chi connectivity index (χ0v) is 13.9. The summed E-state index contributed by atoms with van der Waals surface area (Å²) in [6.45, 7) is 1.99. The summed E-state index contributed by atoms with van der Waals surface area (Å²) in [6.07, 6.45) is 7.99. The van der Waals surface area contributed by atoms with E-state index >= 15 is 0 Å². The molecule has 1 aliphatic rings. The Morgan fingerprint density at radius 1 is 1.08 bits per heavy atom. The lowest BCUT2D eigenvalue weighted by Gasteiger charge is -2.19. The van der Waals surface area contributed by atoms with Gasteiger partial charge in [-0.3, -0.25) is 4.79 Å². The lowest BCUT2D eigenvalue weighted by atomic mass is 9.89. The fraction of sp³-hybridized carbons (Fsp3) is 0.286. The molecule has 3 heteroatoms. The van der Waals surface area contributed by atoms with Gasteiger partial charge in [0.15, 0.2) is 0 Å². The zero-order valence-electron chi connectivity index (χ0n) is 13.9. The monoisotopic (exact) mass is 323 g/mol. The number of halogens is 1. The molecule has 1 atom stereocenters. The Labute approximate surface area is 142 Å². The van der Waals surface area contributed by atoms with E-state index in [0.717, 1.165) is 24.0 Å². The third kappa shape index (κ3) is 4.10. The molecule has 2 nitrogen and oxygen atoms in total. The van der Waals surface area contributed by atoms with Crippen LogP contribution in [0, 0.1) is 5.82 Å². The first-order valence-electron chi connectivity index (χ1n) is 8.47. The van der Waals surface area contributed by atoms with E-state index in [-0.39, 0.29) is 17.8 Å². The number of aryl methyl sites for hydroxylation is 2. The van der Waals surface area contributed by atoms with Gasteiger partial charge in [0.25, 0.3) is 0 Å². The average molecular weight is 323 g/mol. The Kier molecular flexibility index (Phi) is 5.09. The Bertz CT molecular complexity index is 749. The molecule has 0 heterocycles. The Balaban J connectivity index is 1.62. The van der Waals surface area contributed by atoms with Gasteiger partial charge >= 0.3 is 0 Å². The summed E-state index contributed by atoms with van der Waals surface area (Å²) in [6, 6.07) is 12.5. The topological polar surface area (TPSA) is 29.1 Å². The van der Waals surface area contributed by atoms with Crippen LogP contribution in [0.5, 0.6) is 0 Å². The first-order valence-corrected chi connectivity index (χ1v) is 8.47. The van der Waals surface area contributed by atoms with Crippen molar-refractivity contribution in [2.45, 2.75) is 38.6 Å². The van der Waals surface area contributed by atoms with E-state index in [4.69, 9.17) is 0 Å². The molecule has 1 amide bonds. The zero-order chi connectivity index (χ0) is 16.9. The quantitative estimate of drug-likeness (QED) is 0.819. The lowest BCUT2D eigenvalue weighted by molar-refractivity contribution is -0.117. The normalized spacial score (nSPS) is 15.1. The molecule has 124 valence electrons. The first-order chi connectivity index (χ1) is 11.6. The molecule has 0 saturated heterocycles. The van der Waals surface area contributed by atoms with Crippen molar-refractivity contribution in [3.8, 4) is 0 Å². The van der Waals surface area contributed by atoms with Gasteiger partial charge < -0.3 is 5.32 Å². The second-order valence-electron chi connectivity index (χ2n) is 6.35. The second kappa shape index (κ2) is 7.43. The summed E-state index contributed by atoms with van der Waals surface area (Å²) in [5.74, 6) is -0.429. The van der Waals surface area contributed by atoms with Crippen LogP contribution >= 0.6 is 0 Å². The SMILES string of the molecule is C[C@@H](NC(=O)/C=C/c1ccc(F)cc1)c1ccc2c(c1)CCCC2. The van der Waals surface area contributed by atoms with E-state index in [1.807, 2.05) is 6.92 Å². The van der Waals surface area contributed by atoms with Gasteiger partial charge in [0.2, 0.25) is 5.91 Å². The van der Waals surface area contributed by atoms with Crippen LogP contribution in [0.1, 0.15) is 48.1 Å². The molecule has 0 aromatic heterocycles. The second-order valence-corrected chi connectivity index (χ2v) is 6.35. The molecule has 2 aromatic carbocycles. The van der Waals surface area contributed by atoms with E-state index in [1.165, 1.54) is 42.2 Å². The van der Waals surface area contributed by atoms with Crippen molar-refractivity contribution in [3.05, 3.63) is 76.6 Å². The van der Waals surface area contributed by atoms with Gasteiger partial charge in [0.05, 0.1) is 6.04 Å². The molecule has 0 unspecified atom stereocenters. The summed E-state index contributed by atoms with van der Waals surface area (Å²) >= 11 is 0. The number of carbonyl (C=O) groups is 1. The molecule has 0 radical (unpaired) electrons. The number of amides is 1.